The van der Waals surface area contributed by atoms with E-state index in [1.54, 1.807) is 13.3 Å². The fourth-order valence-corrected chi connectivity index (χ4v) is 3.95. The molecule has 3 rings (SSSR count). The second-order valence-electron chi connectivity index (χ2n) is 8.12. The molecule has 1 aliphatic rings. The number of amides is 2. The molecule has 2 aromatic heterocycles. The summed E-state index contributed by atoms with van der Waals surface area (Å²) < 4.78 is 10.6. The number of anilines is 1. The molecule has 9 nitrogen and oxygen atoms in total. The van der Waals surface area contributed by atoms with Crippen molar-refractivity contribution in [1.82, 2.24) is 20.5 Å². The molecule has 2 aromatic rings. The van der Waals surface area contributed by atoms with Crippen molar-refractivity contribution in [2.24, 2.45) is 0 Å². The quantitative estimate of drug-likeness (QED) is 0.659. The first-order valence-corrected chi connectivity index (χ1v) is 10.4. The Labute approximate surface area is 173 Å². The molecule has 0 radical (unpaired) electrons. The summed E-state index contributed by atoms with van der Waals surface area (Å²) in [5.41, 5.74) is 0.605. The van der Waals surface area contributed by atoms with Crippen molar-refractivity contribution in [2.75, 3.05) is 12.4 Å². The Balaban J connectivity index is 1.48. The van der Waals surface area contributed by atoms with Crippen LogP contribution >= 0.6 is 11.3 Å². The fourth-order valence-electron chi connectivity index (χ4n) is 3.22. The van der Waals surface area contributed by atoms with Crippen LogP contribution in [0.5, 0.6) is 5.06 Å². The smallest absolute Gasteiger partial charge is 0.407 e. The number of methoxy groups -OCH3 is 1. The highest BCUT2D eigenvalue weighted by Crippen LogP contribution is 2.36. The molecule has 2 amide bonds. The number of carbonyl (C=O) groups is 2. The third kappa shape index (κ3) is 6.18. The van der Waals surface area contributed by atoms with Crippen molar-refractivity contribution < 1.29 is 19.1 Å². The zero-order valence-corrected chi connectivity index (χ0v) is 17.9. The largest absolute Gasteiger partial charge is 0.486 e. The number of H-pyrrole nitrogens is 1. The minimum absolute atomic E-state index is 0.122. The first-order chi connectivity index (χ1) is 13.7. The molecule has 0 aliphatic heterocycles. The molecule has 2 atom stereocenters. The number of nitrogens with zero attached hydrogens (tertiary/aromatic N) is 2. The van der Waals surface area contributed by atoms with E-state index in [9.17, 15) is 9.59 Å². The van der Waals surface area contributed by atoms with Crippen LogP contribution in [0.4, 0.5) is 10.6 Å². The van der Waals surface area contributed by atoms with E-state index in [1.807, 2.05) is 26.8 Å². The molecular formula is C19H27N5O4S. The molecule has 1 saturated carbocycles. The maximum absolute atomic E-state index is 12.2. The molecule has 2 heterocycles. The first kappa shape index (κ1) is 21.1. The van der Waals surface area contributed by atoms with E-state index in [1.165, 1.54) is 11.3 Å². The van der Waals surface area contributed by atoms with Gasteiger partial charge in [-0.05, 0) is 40.0 Å². The third-order valence-electron chi connectivity index (χ3n) is 4.49. The molecule has 0 unspecified atom stereocenters. The van der Waals surface area contributed by atoms with Crippen LogP contribution in [0.15, 0.2) is 12.3 Å². The number of hydrogen-bond acceptors (Lipinski definition) is 7. The van der Waals surface area contributed by atoms with Gasteiger partial charge in [0.05, 0.1) is 19.7 Å². The Bertz CT molecular complexity index is 857. The Morgan fingerprint density at radius 1 is 1.34 bits per heavy atom. The summed E-state index contributed by atoms with van der Waals surface area (Å²) >= 11 is 1.34. The molecule has 0 saturated heterocycles. The van der Waals surface area contributed by atoms with Gasteiger partial charge in [-0.2, -0.15) is 5.10 Å². The Morgan fingerprint density at radius 3 is 2.83 bits per heavy atom. The zero-order valence-electron chi connectivity index (χ0n) is 17.1. The van der Waals surface area contributed by atoms with Gasteiger partial charge < -0.3 is 20.1 Å². The van der Waals surface area contributed by atoms with Crippen molar-refractivity contribution in [3.8, 4) is 5.06 Å². The van der Waals surface area contributed by atoms with Crippen molar-refractivity contribution in [3.63, 3.8) is 0 Å². The van der Waals surface area contributed by atoms with Crippen molar-refractivity contribution in [2.45, 2.75) is 64.0 Å². The van der Waals surface area contributed by atoms with Gasteiger partial charge in [-0.15, -0.1) is 0 Å². The van der Waals surface area contributed by atoms with Gasteiger partial charge in [-0.1, -0.05) is 11.3 Å². The van der Waals surface area contributed by atoms with Crippen LogP contribution in [0, 0.1) is 0 Å². The zero-order chi connectivity index (χ0) is 21.0. The van der Waals surface area contributed by atoms with Gasteiger partial charge >= 0.3 is 6.09 Å². The summed E-state index contributed by atoms with van der Waals surface area (Å²) in [6.45, 7) is 5.74. The number of carbonyl (C=O) groups excluding carboxylic acids is 2. The van der Waals surface area contributed by atoms with Crippen LogP contribution in [0.25, 0.3) is 0 Å². The molecule has 1 fully saturated rings. The van der Waals surface area contributed by atoms with E-state index in [2.05, 4.69) is 25.8 Å². The fraction of sp³-hybridized carbons (Fsp3) is 0.579. The van der Waals surface area contributed by atoms with Crippen LogP contribution in [0.2, 0.25) is 0 Å². The van der Waals surface area contributed by atoms with Crippen molar-refractivity contribution >= 4 is 29.2 Å². The highest BCUT2D eigenvalue weighted by molar-refractivity contribution is 7.13. The average Bonchev–Trinajstić information content (AvgIpc) is 3.33. The average molecular weight is 422 g/mol. The Morgan fingerprint density at radius 2 is 2.14 bits per heavy atom. The summed E-state index contributed by atoms with van der Waals surface area (Å²) in [7, 11) is 1.57. The van der Waals surface area contributed by atoms with Crippen LogP contribution in [0.3, 0.4) is 0 Å². The predicted molar refractivity (Wildman–Crippen MR) is 109 cm³/mol. The summed E-state index contributed by atoms with van der Waals surface area (Å²) in [5.74, 6) is 0.499. The Hall–Kier alpha value is -2.62. The summed E-state index contributed by atoms with van der Waals surface area (Å²) in [4.78, 5) is 28.3. The molecule has 158 valence electrons. The second kappa shape index (κ2) is 8.81. The summed E-state index contributed by atoms with van der Waals surface area (Å²) in [6, 6.07) is 1.84. The van der Waals surface area contributed by atoms with Gasteiger partial charge in [0.15, 0.2) is 10.9 Å². The van der Waals surface area contributed by atoms with Gasteiger partial charge in [0.2, 0.25) is 5.91 Å². The number of hydrogen-bond donors (Lipinski definition) is 3. The molecule has 0 bridgehead atoms. The van der Waals surface area contributed by atoms with Crippen LogP contribution < -0.4 is 15.4 Å². The van der Waals surface area contributed by atoms with Crippen molar-refractivity contribution in [3.05, 3.63) is 23.0 Å². The maximum Gasteiger partial charge on any atom is 0.407 e. The van der Waals surface area contributed by atoms with Crippen LogP contribution in [-0.2, 0) is 16.0 Å². The van der Waals surface area contributed by atoms with Crippen molar-refractivity contribution in [1.29, 1.82) is 0 Å². The van der Waals surface area contributed by atoms with E-state index in [4.69, 9.17) is 9.47 Å². The number of rotatable bonds is 6. The highest BCUT2D eigenvalue weighted by atomic mass is 32.1. The lowest BCUT2D eigenvalue weighted by Gasteiger charge is -2.22. The van der Waals surface area contributed by atoms with Gasteiger partial charge in [-0.3, -0.25) is 9.89 Å². The normalized spacial score (nSPS) is 19.0. The van der Waals surface area contributed by atoms with Gasteiger partial charge in [0.1, 0.15) is 11.1 Å². The maximum atomic E-state index is 12.2. The molecule has 3 N–H and O–H groups in total. The van der Waals surface area contributed by atoms with E-state index >= 15 is 0 Å². The standard InChI is InChI=1S/C19H27N5O4S/c1-19(2,3)22-18(26)28-12-6-5-11(7-12)13-8-14(24-23-13)21-15(25)9-16-20-10-17(27-4)29-16/h8,10-12H,5-7,9H2,1-4H3,(H,22,26)(H2,21,23,24,25)/t11-,12+/m0/s1. The van der Waals surface area contributed by atoms with E-state index < -0.39 is 0 Å². The topological polar surface area (TPSA) is 118 Å². The highest BCUT2D eigenvalue weighted by Gasteiger charge is 2.30. The summed E-state index contributed by atoms with van der Waals surface area (Å²) in [6.07, 6.45) is 3.67. The lowest BCUT2D eigenvalue weighted by Crippen LogP contribution is -2.42. The van der Waals surface area contributed by atoms with E-state index in [-0.39, 0.29) is 36.0 Å². The van der Waals surface area contributed by atoms with Gasteiger partial charge in [0, 0.05) is 23.2 Å². The van der Waals surface area contributed by atoms with E-state index in [0.29, 0.717) is 15.9 Å². The number of ether oxygens (including phenoxy) is 2. The molecule has 10 heteroatoms. The summed E-state index contributed by atoms with van der Waals surface area (Å²) in [5, 5.41) is 14.1. The van der Waals surface area contributed by atoms with E-state index in [0.717, 1.165) is 25.0 Å². The predicted octanol–water partition coefficient (Wildman–Crippen LogP) is 3.22. The number of thiazole rings is 1. The number of aromatic amines is 1. The number of aromatic nitrogens is 3. The number of alkyl carbamates (subject to hydrolysis) is 1. The molecule has 0 spiro atoms. The van der Waals surface area contributed by atoms with Crippen LogP contribution in [-0.4, -0.2) is 45.9 Å². The van der Waals surface area contributed by atoms with Gasteiger partial charge in [-0.25, -0.2) is 9.78 Å². The van der Waals surface area contributed by atoms with Crippen LogP contribution in [0.1, 0.15) is 56.7 Å². The van der Waals surface area contributed by atoms with Gasteiger partial charge in [0.25, 0.3) is 0 Å². The molecular weight excluding hydrogens is 394 g/mol. The SMILES string of the molecule is COc1cnc(CC(=O)Nc2cc([C@H]3CC[C@@H](OC(=O)NC(C)(C)C)C3)[nH]n2)s1. The minimum atomic E-state index is -0.389. The second-order valence-corrected chi connectivity index (χ2v) is 9.20. The third-order valence-corrected chi connectivity index (χ3v) is 5.44. The molecule has 1 aliphatic carbocycles. The lowest BCUT2D eigenvalue weighted by molar-refractivity contribution is -0.115. The Kier molecular flexibility index (Phi) is 6.41. The monoisotopic (exact) mass is 421 g/mol. The lowest BCUT2D eigenvalue weighted by atomic mass is 10.0. The minimum Gasteiger partial charge on any atom is -0.486 e. The molecule has 0 aromatic carbocycles. The molecule has 29 heavy (non-hydrogen) atoms. The number of nitrogens with one attached hydrogen (secondary N) is 3. The first-order valence-electron chi connectivity index (χ1n) is 9.54.